The minimum Gasteiger partial charge on any atom is -0.396 e. The normalized spacial score (nSPS) is 18.8. The number of carbonyl (C=O) groups excluding carboxylic acids is 1. The number of hydrogen-bond donors (Lipinski definition) is 1. The SMILES string of the molecule is C[C@H]1CN(c2ccccc2)C(=O)c2c(N)cnn21. The average molecular weight is 242 g/mol. The van der Waals surface area contributed by atoms with Crippen molar-refractivity contribution in [3.63, 3.8) is 0 Å². The Hall–Kier alpha value is -2.30. The van der Waals surface area contributed by atoms with Gasteiger partial charge in [-0.05, 0) is 19.1 Å². The van der Waals surface area contributed by atoms with Crippen LogP contribution in [0.4, 0.5) is 11.4 Å². The van der Waals surface area contributed by atoms with E-state index in [4.69, 9.17) is 5.73 Å². The molecule has 0 saturated carbocycles. The summed E-state index contributed by atoms with van der Waals surface area (Å²) in [5.74, 6) is -0.0886. The largest absolute Gasteiger partial charge is 0.396 e. The van der Waals surface area contributed by atoms with Crippen molar-refractivity contribution >= 4 is 17.3 Å². The second kappa shape index (κ2) is 3.87. The fraction of sp³-hybridized carbons (Fsp3) is 0.231. The van der Waals surface area contributed by atoms with Gasteiger partial charge in [-0.25, -0.2) is 0 Å². The molecule has 0 saturated heterocycles. The summed E-state index contributed by atoms with van der Waals surface area (Å²) in [4.78, 5) is 14.2. The molecule has 2 N–H and O–H groups in total. The van der Waals surface area contributed by atoms with Crippen LogP contribution in [-0.4, -0.2) is 22.2 Å². The second-order valence-corrected chi connectivity index (χ2v) is 4.49. The molecule has 18 heavy (non-hydrogen) atoms. The number of carbonyl (C=O) groups is 1. The number of nitrogen functional groups attached to an aromatic ring is 1. The van der Waals surface area contributed by atoms with Crippen LogP contribution in [-0.2, 0) is 0 Å². The van der Waals surface area contributed by atoms with Crippen molar-refractivity contribution < 1.29 is 4.79 Å². The van der Waals surface area contributed by atoms with Crippen LogP contribution in [0.1, 0.15) is 23.5 Å². The van der Waals surface area contributed by atoms with Crippen LogP contribution in [0.2, 0.25) is 0 Å². The van der Waals surface area contributed by atoms with Crippen LogP contribution in [0, 0.1) is 0 Å². The average Bonchev–Trinajstić information content (AvgIpc) is 2.78. The van der Waals surface area contributed by atoms with Crippen molar-refractivity contribution in [1.82, 2.24) is 9.78 Å². The molecule has 0 spiro atoms. The van der Waals surface area contributed by atoms with E-state index in [0.29, 0.717) is 17.9 Å². The zero-order chi connectivity index (χ0) is 12.7. The van der Waals surface area contributed by atoms with Crippen LogP contribution in [0.25, 0.3) is 0 Å². The highest BCUT2D eigenvalue weighted by molar-refractivity contribution is 6.08. The molecular weight excluding hydrogens is 228 g/mol. The Kier molecular flexibility index (Phi) is 2.33. The monoisotopic (exact) mass is 242 g/mol. The summed E-state index contributed by atoms with van der Waals surface area (Å²) in [6.07, 6.45) is 1.54. The summed E-state index contributed by atoms with van der Waals surface area (Å²) in [6.45, 7) is 2.63. The molecule has 1 atom stereocenters. The molecule has 2 aromatic rings. The second-order valence-electron chi connectivity index (χ2n) is 4.49. The first kappa shape index (κ1) is 10.8. The van der Waals surface area contributed by atoms with Gasteiger partial charge >= 0.3 is 0 Å². The zero-order valence-corrected chi connectivity index (χ0v) is 10.1. The quantitative estimate of drug-likeness (QED) is 0.827. The van der Waals surface area contributed by atoms with Gasteiger partial charge in [0.2, 0.25) is 0 Å². The first-order valence-electron chi connectivity index (χ1n) is 5.88. The first-order chi connectivity index (χ1) is 8.68. The fourth-order valence-electron chi connectivity index (χ4n) is 2.31. The molecule has 0 bridgehead atoms. The lowest BCUT2D eigenvalue weighted by Crippen LogP contribution is -2.42. The number of anilines is 2. The number of aromatic nitrogens is 2. The Morgan fingerprint density at radius 3 is 2.78 bits per heavy atom. The molecule has 92 valence electrons. The van der Waals surface area contributed by atoms with E-state index in [9.17, 15) is 4.79 Å². The van der Waals surface area contributed by atoms with E-state index in [2.05, 4.69) is 5.10 Å². The van der Waals surface area contributed by atoms with Crippen molar-refractivity contribution in [3.8, 4) is 0 Å². The number of nitrogens with two attached hydrogens (primary N) is 1. The molecule has 0 unspecified atom stereocenters. The minimum atomic E-state index is -0.0886. The van der Waals surface area contributed by atoms with Crippen molar-refractivity contribution in [2.24, 2.45) is 0 Å². The number of benzene rings is 1. The van der Waals surface area contributed by atoms with Crippen LogP contribution in [0.3, 0.4) is 0 Å². The molecule has 5 nitrogen and oxygen atoms in total. The summed E-state index contributed by atoms with van der Waals surface area (Å²) >= 11 is 0. The molecule has 1 aromatic carbocycles. The maximum absolute atomic E-state index is 12.4. The number of para-hydroxylation sites is 1. The lowest BCUT2D eigenvalue weighted by molar-refractivity contribution is 0.0954. The third-order valence-electron chi connectivity index (χ3n) is 3.20. The molecule has 0 fully saturated rings. The van der Waals surface area contributed by atoms with Crippen molar-refractivity contribution in [1.29, 1.82) is 0 Å². The van der Waals surface area contributed by atoms with E-state index in [1.807, 2.05) is 37.3 Å². The lowest BCUT2D eigenvalue weighted by Gasteiger charge is -2.32. The fourth-order valence-corrected chi connectivity index (χ4v) is 2.31. The molecule has 1 aliphatic heterocycles. The Labute approximate surface area is 105 Å². The van der Waals surface area contributed by atoms with Gasteiger partial charge in [-0.15, -0.1) is 0 Å². The number of amides is 1. The Morgan fingerprint density at radius 2 is 2.06 bits per heavy atom. The summed E-state index contributed by atoms with van der Waals surface area (Å²) in [5.41, 5.74) is 7.63. The maximum Gasteiger partial charge on any atom is 0.278 e. The molecule has 3 rings (SSSR count). The number of nitrogens with zero attached hydrogens (tertiary/aromatic N) is 3. The summed E-state index contributed by atoms with van der Waals surface area (Å²) in [7, 11) is 0. The standard InChI is InChI=1S/C13H14N4O/c1-9-8-16(10-5-3-2-4-6-10)13(18)12-11(14)7-15-17(9)12/h2-7,9H,8,14H2,1H3/t9-/m0/s1. The van der Waals surface area contributed by atoms with Crippen molar-refractivity contribution in [2.75, 3.05) is 17.2 Å². The van der Waals surface area contributed by atoms with Gasteiger partial charge in [0.05, 0.1) is 17.9 Å². The van der Waals surface area contributed by atoms with E-state index in [-0.39, 0.29) is 11.9 Å². The van der Waals surface area contributed by atoms with Crippen molar-refractivity contribution in [2.45, 2.75) is 13.0 Å². The topological polar surface area (TPSA) is 64.2 Å². The lowest BCUT2D eigenvalue weighted by atomic mass is 10.1. The maximum atomic E-state index is 12.4. The highest BCUT2D eigenvalue weighted by atomic mass is 16.2. The molecule has 0 aliphatic carbocycles. The summed E-state index contributed by atoms with van der Waals surface area (Å²) < 4.78 is 1.71. The molecule has 1 amide bonds. The van der Waals surface area contributed by atoms with Gasteiger partial charge in [0.1, 0.15) is 5.69 Å². The van der Waals surface area contributed by atoms with E-state index in [1.54, 1.807) is 9.58 Å². The molecule has 2 heterocycles. The summed E-state index contributed by atoms with van der Waals surface area (Å²) in [6, 6.07) is 9.74. The van der Waals surface area contributed by atoms with Gasteiger partial charge in [-0.2, -0.15) is 5.10 Å². The predicted molar refractivity (Wildman–Crippen MR) is 69.5 cm³/mol. The minimum absolute atomic E-state index is 0.0886. The van der Waals surface area contributed by atoms with Crippen LogP contribution < -0.4 is 10.6 Å². The van der Waals surface area contributed by atoms with E-state index in [0.717, 1.165) is 5.69 Å². The van der Waals surface area contributed by atoms with Gasteiger partial charge in [-0.1, -0.05) is 18.2 Å². The van der Waals surface area contributed by atoms with Gasteiger partial charge in [-0.3, -0.25) is 9.48 Å². The van der Waals surface area contributed by atoms with Gasteiger partial charge in [0.25, 0.3) is 5.91 Å². The van der Waals surface area contributed by atoms with E-state index in [1.165, 1.54) is 6.20 Å². The Balaban J connectivity index is 2.07. The first-order valence-corrected chi connectivity index (χ1v) is 5.88. The summed E-state index contributed by atoms with van der Waals surface area (Å²) in [5, 5.41) is 4.16. The third kappa shape index (κ3) is 1.48. The van der Waals surface area contributed by atoms with Crippen molar-refractivity contribution in [3.05, 3.63) is 42.2 Å². The molecule has 1 aromatic heterocycles. The van der Waals surface area contributed by atoms with Crippen LogP contribution in [0.5, 0.6) is 0 Å². The highest BCUT2D eigenvalue weighted by Gasteiger charge is 2.32. The van der Waals surface area contributed by atoms with Crippen LogP contribution in [0.15, 0.2) is 36.5 Å². The third-order valence-corrected chi connectivity index (χ3v) is 3.20. The predicted octanol–water partition coefficient (Wildman–Crippen LogP) is 1.69. The highest BCUT2D eigenvalue weighted by Crippen LogP contribution is 2.28. The van der Waals surface area contributed by atoms with E-state index >= 15 is 0 Å². The Bertz CT molecular complexity index is 590. The van der Waals surface area contributed by atoms with Gasteiger partial charge in [0, 0.05) is 12.2 Å². The Morgan fingerprint density at radius 1 is 1.33 bits per heavy atom. The number of fused-ring (bicyclic) bond motifs is 1. The van der Waals surface area contributed by atoms with Gasteiger partial charge in [0.15, 0.2) is 0 Å². The van der Waals surface area contributed by atoms with Crippen LogP contribution >= 0.6 is 0 Å². The van der Waals surface area contributed by atoms with E-state index < -0.39 is 0 Å². The number of hydrogen-bond acceptors (Lipinski definition) is 3. The molecule has 1 aliphatic rings. The zero-order valence-electron chi connectivity index (χ0n) is 10.1. The molecular formula is C13H14N4O. The van der Waals surface area contributed by atoms with Gasteiger partial charge < -0.3 is 10.6 Å². The molecule has 0 radical (unpaired) electrons. The molecule has 5 heteroatoms. The smallest absolute Gasteiger partial charge is 0.278 e. The number of rotatable bonds is 1.